The molecule has 1 aromatic rings. The number of carbonyl (C=O) groups is 2. The molecule has 0 atom stereocenters. The zero-order valence-corrected chi connectivity index (χ0v) is 9.38. The lowest BCUT2D eigenvalue weighted by Crippen LogP contribution is -2.36. The number of benzene rings is 1. The molecule has 0 saturated heterocycles. The Balaban J connectivity index is 2.86. The number of aryl methyl sites for hydroxylation is 1. The number of hydrogen-bond donors (Lipinski definition) is 2. The van der Waals surface area contributed by atoms with Crippen molar-refractivity contribution in [2.45, 2.75) is 6.92 Å². The zero-order chi connectivity index (χ0) is 13.7. The predicted molar refractivity (Wildman–Crippen MR) is 58.3 cm³/mol. The van der Waals surface area contributed by atoms with Crippen LogP contribution in [0.1, 0.15) is 5.56 Å². The summed E-state index contributed by atoms with van der Waals surface area (Å²) in [7, 11) is 0. The number of amides is 2. The van der Waals surface area contributed by atoms with Crippen LogP contribution in [0.25, 0.3) is 0 Å². The van der Waals surface area contributed by atoms with Gasteiger partial charge >= 0.3 is 11.8 Å². The number of nitrogens with one attached hydrogen (secondary N) is 2. The normalized spacial score (nSPS) is 9.44. The van der Waals surface area contributed by atoms with E-state index in [0.29, 0.717) is 0 Å². The molecular weight excluding hydrogens is 244 g/mol. The highest BCUT2D eigenvalue weighted by molar-refractivity contribution is 6.39. The maximum atomic E-state index is 13.5. The predicted octanol–water partition coefficient (Wildman–Crippen LogP) is 0.851. The van der Waals surface area contributed by atoms with Crippen molar-refractivity contribution in [3.63, 3.8) is 0 Å². The molecule has 94 valence electrons. The van der Waals surface area contributed by atoms with Gasteiger partial charge in [-0.2, -0.15) is 5.26 Å². The van der Waals surface area contributed by atoms with Crippen LogP contribution in [0.15, 0.2) is 12.1 Å². The Labute approximate surface area is 101 Å². The fourth-order valence-corrected chi connectivity index (χ4v) is 1.14. The van der Waals surface area contributed by atoms with Crippen LogP contribution in [-0.4, -0.2) is 18.4 Å². The molecule has 0 aliphatic rings. The first-order chi connectivity index (χ1) is 8.47. The van der Waals surface area contributed by atoms with E-state index in [0.717, 1.165) is 6.07 Å². The molecule has 0 fully saturated rings. The Morgan fingerprint density at radius 2 is 2.00 bits per heavy atom. The van der Waals surface area contributed by atoms with Crippen LogP contribution in [0.3, 0.4) is 0 Å². The van der Waals surface area contributed by atoms with E-state index in [1.165, 1.54) is 13.0 Å². The molecular formula is C11H9F2N3O2. The Kier molecular flexibility index (Phi) is 4.32. The minimum atomic E-state index is -1.24. The molecule has 0 radical (unpaired) electrons. The van der Waals surface area contributed by atoms with Crippen LogP contribution >= 0.6 is 0 Å². The van der Waals surface area contributed by atoms with Gasteiger partial charge in [0.1, 0.15) is 18.0 Å². The Morgan fingerprint density at radius 1 is 1.33 bits per heavy atom. The number of nitrogens with zero attached hydrogens (tertiary/aromatic N) is 1. The van der Waals surface area contributed by atoms with Crippen molar-refractivity contribution >= 4 is 17.5 Å². The summed E-state index contributed by atoms with van der Waals surface area (Å²) in [5.74, 6) is -4.32. The summed E-state index contributed by atoms with van der Waals surface area (Å²) in [6.07, 6.45) is 0. The second kappa shape index (κ2) is 5.72. The first kappa shape index (κ1) is 13.6. The van der Waals surface area contributed by atoms with Crippen molar-refractivity contribution < 1.29 is 18.4 Å². The number of hydrogen-bond acceptors (Lipinski definition) is 3. The topological polar surface area (TPSA) is 82.0 Å². The molecule has 0 bridgehead atoms. The molecule has 5 nitrogen and oxygen atoms in total. The lowest BCUT2D eigenvalue weighted by molar-refractivity contribution is -0.136. The summed E-state index contributed by atoms with van der Waals surface area (Å²) < 4.78 is 26.8. The fraction of sp³-hybridized carbons (Fsp3) is 0.182. The molecule has 0 aliphatic carbocycles. The number of nitriles is 1. The van der Waals surface area contributed by atoms with Crippen LogP contribution in [0, 0.1) is 29.9 Å². The SMILES string of the molecule is Cc1ccc(F)c(NC(=O)C(=O)NCC#N)c1F. The second-order valence-corrected chi connectivity index (χ2v) is 3.35. The number of rotatable bonds is 2. The molecule has 0 unspecified atom stereocenters. The standard InChI is InChI=1S/C11H9F2N3O2/c1-6-2-3-7(12)9(8(6)13)16-11(18)10(17)15-5-4-14/h2-3H,5H2,1H3,(H,15,17)(H,16,18). The van der Waals surface area contributed by atoms with Gasteiger partial charge in [0.25, 0.3) is 0 Å². The van der Waals surface area contributed by atoms with Gasteiger partial charge in [-0.3, -0.25) is 9.59 Å². The third-order valence-electron chi connectivity index (χ3n) is 2.06. The summed E-state index contributed by atoms with van der Waals surface area (Å²) in [5.41, 5.74) is -0.559. The second-order valence-electron chi connectivity index (χ2n) is 3.35. The van der Waals surface area contributed by atoms with E-state index < -0.39 is 29.1 Å². The van der Waals surface area contributed by atoms with Crippen molar-refractivity contribution in [3.8, 4) is 6.07 Å². The first-order valence-corrected chi connectivity index (χ1v) is 4.88. The van der Waals surface area contributed by atoms with E-state index in [2.05, 4.69) is 0 Å². The van der Waals surface area contributed by atoms with E-state index in [1.54, 1.807) is 6.07 Å². The number of carbonyl (C=O) groups excluding carboxylic acids is 2. The molecule has 7 heteroatoms. The van der Waals surface area contributed by atoms with Crippen molar-refractivity contribution in [1.29, 1.82) is 5.26 Å². The molecule has 0 aliphatic heterocycles. The maximum Gasteiger partial charge on any atom is 0.313 e. The first-order valence-electron chi connectivity index (χ1n) is 4.88. The van der Waals surface area contributed by atoms with E-state index in [1.807, 2.05) is 10.6 Å². The molecule has 1 aromatic carbocycles. The largest absolute Gasteiger partial charge is 0.335 e. The minimum Gasteiger partial charge on any atom is -0.335 e. The van der Waals surface area contributed by atoms with Gasteiger partial charge in [-0.1, -0.05) is 6.07 Å². The molecule has 0 aromatic heterocycles. The summed E-state index contributed by atoms with van der Waals surface area (Å²) in [6.45, 7) is 1.02. The van der Waals surface area contributed by atoms with Crippen LogP contribution < -0.4 is 10.6 Å². The van der Waals surface area contributed by atoms with Gasteiger partial charge in [0.05, 0.1) is 6.07 Å². The van der Waals surface area contributed by atoms with Gasteiger partial charge in [-0.15, -0.1) is 0 Å². The monoisotopic (exact) mass is 253 g/mol. The summed E-state index contributed by atoms with van der Waals surface area (Å²) in [6, 6.07) is 3.77. The number of halogens is 2. The average molecular weight is 253 g/mol. The van der Waals surface area contributed by atoms with Gasteiger partial charge in [-0.25, -0.2) is 8.78 Å². The maximum absolute atomic E-state index is 13.5. The van der Waals surface area contributed by atoms with Crippen molar-refractivity contribution in [1.82, 2.24) is 5.32 Å². The third kappa shape index (κ3) is 3.01. The van der Waals surface area contributed by atoms with Gasteiger partial charge in [-0.05, 0) is 18.6 Å². The van der Waals surface area contributed by atoms with E-state index >= 15 is 0 Å². The van der Waals surface area contributed by atoms with E-state index in [4.69, 9.17) is 5.26 Å². The molecule has 0 heterocycles. The van der Waals surface area contributed by atoms with E-state index in [9.17, 15) is 18.4 Å². The van der Waals surface area contributed by atoms with Crippen LogP contribution in [0.4, 0.5) is 14.5 Å². The molecule has 0 spiro atoms. The molecule has 18 heavy (non-hydrogen) atoms. The van der Waals surface area contributed by atoms with Crippen LogP contribution in [-0.2, 0) is 9.59 Å². The third-order valence-corrected chi connectivity index (χ3v) is 2.06. The molecule has 1 rings (SSSR count). The van der Waals surface area contributed by atoms with E-state index in [-0.39, 0.29) is 12.1 Å². The Hall–Kier alpha value is -2.49. The Bertz CT molecular complexity index is 538. The van der Waals surface area contributed by atoms with Gasteiger partial charge in [0, 0.05) is 0 Å². The average Bonchev–Trinajstić information content (AvgIpc) is 2.36. The highest BCUT2D eigenvalue weighted by Gasteiger charge is 2.18. The summed E-state index contributed by atoms with van der Waals surface area (Å²) in [5, 5.41) is 12.0. The summed E-state index contributed by atoms with van der Waals surface area (Å²) in [4.78, 5) is 22.4. The van der Waals surface area contributed by atoms with Crippen molar-refractivity contribution in [2.75, 3.05) is 11.9 Å². The molecule has 2 amide bonds. The Morgan fingerprint density at radius 3 is 2.61 bits per heavy atom. The number of anilines is 1. The van der Waals surface area contributed by atoms with Gasteiger partial charge in [0.15, 0.2) is 5.82 Å². The van der Waals surface area contributed by atoms with Crippen LogP contribution in [0.5, 0.6) is 0 Å². The lowest BCUT2D eigenvalue weighted by Gasteiger charge is -2.08. The molecule has 0 saturated carbocycles. The smallest absolute Gasteiger partial charge is 0.313 e. The highest BCUT2D eigenvalue weighted by Crippen LogP contribution is 2.21. The fourth-order valence-electron chi connectivity index (χ4n) is 1.14. The van der Waals surface area contributed by atoms with Gasteiger partial charge < -0.3 is 10.6 Å². The minimum absolute atomic E-state index is 0.129. The van der Waals surface area contributed by atoms with Gasteiger partial charge in [0.2, 0.25) is 0 Å². The quantitative estimate of drug-likeness (QED) is 0.605. The molecule has 2 N–H and O–H groups in total. The highest BCUT2D eigenvalue weighted by atomic mass is 19.1. The van der Waals surface area contributed by atoms with Crippen molar-refractivity contribution in [3.05, 3.63) is 29.3 Å². The lowest BCUT2D eigenvalue weighted by atomic mass is 10.2. The van der Waals surface area contributed by atoms with Crippen LogP contribution in [0.2, 0.25) is 0 Å². The van der Waals surface area contributed by atoms with Crippen molar-refractivity contribution in [2.24, 2.45) is 0 Å². The summed E-state index contributed by atoms with van der Waals surface area (Å²) >= 11 is 0. The zero-order valence-electron chi connectivity index (χ0n) is 9.38.